The smallest absolute Gasteiger partial charge is 0.328 e. The van der Waals surface area contributed by atoms with E-state index in [0.29, 0.717) is 9.75 Å². The minimum atomic E-state index is -3.52. The fourth-order valence-electron chi connectivity index (χ4n) is 1.48. The number of nitrogens with two attached hydrogens (primary N) is 1. The quantitative estimate of drug-likeness (QED) is 0.497. The lowest BCUT2D eigenvalue weighted by Crippen LogP contribution is -2.26. The molecule has 1 aromatic rings. The van der Waals surface area contributed by atoms with Crippen LogP contribution in [0.2, 0.25) is 0 Å². The van der Waals surface area contributed by atoms with E-state index in [0.717, 1.165) is 11.6 Å². The lowest BCUT2D eigenvalue weighted by atomic mass is 10.2. The van der Waals surface area contributed by atoms with Gasteiger partial charge in [0.1, 0.15) is 0 Å². The van der Waals surface area contributed by atoms with Crippen molar-refractivity contribution >= 4 is 39.3 Å². The maximum atomic E-state index is 11.9. The molecule has 0 aromatic carbocycles. The number of carboxylic acids is 1. The number of thiophene rings is 1. The molecular formula is C12H16N2O5S2. The molecule has 1 aromatic heterocycles. The number of carboxylic acid groups (broad SMARTS) is 1. The molecule has 1 rings (SSSR count). The molecule has 9 heteroatoms. The molecule has 1 amide bonds. The zero-order valence-electron chi connectivity index (χ0n) is 11.3. The highest BCUT2D eigenvalue weighted by atomic mass is 32.2. The third-order valence-corrected chi connectivity index (χ3v) is 4.51. The van der Waals surface area contributed by atoms with Crippen LogP contribution in [0, 0.1) is 6.92 Å². The van der Waals surface area contributed by atoms with Gasteiger partial charge in [-0.1, -0.05) is 0 Å². The first-order valence-electron chi connectivity index (χ1n) is 5.99. The number of aryl methyl sites for hydroxylation is 1. The molecular weight excluding hydrogens is 316 g/mol. The minimum Gasteiger partial charge on any atom is -0.478 e. The average molecular weight is 332 g/mol. The van der Waals surface area contributed by atoms with Gasteiger partial charge >= 0.3 is 5.97 Å². The number of sulfonamides is 1. The molecule has 7 nitrogen and oxygen atoms in total. The Kier molecular flexibility index (Phi) is 6.06. The summed E-state index contributed by atoms with van der Waals surface area (Å²) in [6, 6.07) is 1.65. The zero-order valence-corrected chi connectivity index (χ0v) is 13.0. The van der Waals surface area contributed by atoms with E-state index in [-0.39, 0.29) is 24.6 Å². The molecule has 0 aliphatic carbocycles. The van der Waals surface area contributed by atoms with Crippen LogP contribution in [0.1, 0.15) is 26.5 Å². The van der Waals surface area contributed by atoms with Gasteiger partial charge in [0.2, 0.25) is 10.0 Å². The molecule has 0 atom stereocenters. The van der Waals surface area contributed by atoms with Crippen LogP contribution in [0.4, 0.5) is 0 Å². The van der Waals surface area contributed by atoms with Gasteiger partial charge < -0.3 is 10.4 Å². The van der Waals surface area contributed by atoms with E-state index in [1.165, 1.54) is 17.4 Å². The molecule has 0 radical (unpaired) electrons. The van der Waals surface area contributed by atoms with Gasteiger partial charge in [-0.15, -0.1) is 11.3 Å². The number of aliphatic carboxylic acids is 1. The van der Waals surface area contributed by atoms with Crippen LogP contribution in [0.3, 0.4) is 0 Å². The number of carbonyl (C=O) groups is 2. The average Bonchev–Trinajstić information content (AvgIpc) is 2.72. The Labute approximate surface area is 126 Å². The number of carbonyl (C=O) groups excluding carboxylic acids is 1. The van der Waals surface area contributed by atoms with Crippen molar-refractivity contribution in [3.05, 3.63) is 27.5 Å². The number of hydrogen-bond donors (Lipinski definition) is 3. The van der Waals surface area contributed by atoms with Gasteiger partial charge in [0.15, 0.2) is 0 Å². The van der Waals surface area contributed by atoms with E-state index in [4.69, 9.17) is 10.2 Å². The highest BCUT2D eigenvalue weighted by Crippen LogP contribution is 2.23. The summed E-state index contributed by atoms with van der Waals surface area (Å²) in [7, 11) is -3.52. The Hall–Kier alpha value is -1.71. The molecule has 0 saturated carbocycles. The largest absolute Gasteiger partial charge is 0.478 e. The molecule has 0 aliphatic heterocycles. The van der Waals surface area contributed by atoms with Crippen LogP contribution >= 0.6 is 11.3 Å². The maximum Gasteiger partial charge on any atom is 0.328 e. The Balaban J connectivity index is 2.59. The van der Waals surface area contributed by atoms with Crippen molar-refractivity contribution in [1.29, 1.82) is 0 Å². The summed E-state index contributed by atoms with van der Waals surface area (Å²) in [5.41, 5.74) is 0.798. The number of rotatable bonds is 7. The van der Waals surface area contributed by atoms with Crippen LogP contribution < -0.4 is 10.5 Å². The van der Waals surface area contributed by atoms with Crippen LogP contribution in [0.25, 0.3) is 6.08 Å². The maximum absolute atomic E-state index is 11.9. The second-order valence-electron chi connectivity index (χ2n) is 4.31. The van der Waals surface area contributed by atoms with Crippen molar-refractivity contribution in [2.75, 3.05) is 12.3 Å². The van der Waals surface area contributed by atoms with Crippen molar-refractivity contribution in [2.45, 2.75) is 13.3 Å². The van der Waals surface area contributed by atoms with Gasteiger partial charge in [-0.25, -0.2) is 18.4 Å². The van der Waals surface area contributed by atoms with Crippen LogP contribution in [0.15, 0.2) is 12.1 Å². The number of amides is 1. The van der Waals surface area contributed by atoms with Crippen molar-refractivity contribution < 1.29 is 23.1 Å². The summed E-state index contributed by atoms with van der Waals surface area (Å²) in [5, 5.41) is 16.0. The summed E-state index contributed by atoms with van der Waals surface area (Å²) < 4.78 is 21.5. The number of hydrogen-bond acceptors (Lipinski definition) is 5. The fraction of sp³-hybridized carbons (Fsp3) is 0.333. The Morgan fingerprint density at radius 3 is 2.71 bits per heavy atom. The number of nitrogens with one attached hydrogen (secondary N) is 1. The SMILES string of the molecule is Cc1cc(C(=O)NCCCS(N)(=O)=O)sc1/C=C/C(=O)O. The first-order chi connectivity index (χ1) is 9.69. The van der Waals surface area contributed by atoms with E-state index < -0.39 is 16.0 Å². The Bertz CT molecular complexity index is 661. The van der Waals surface area contributed by atoms with Crippen molar-refractivity contribution in [3.8, 4) is 0 Å². The van der Waals surface area contributed by atoms with E-state index >= 15 is 0 Å². The van der Waals surface area contributed by atoms with Crippen LogP contribution in [-0.2, 0) is 14.8 Å². The predicted octanol–water partition coefficient (Wildman–Crippen LogP) is 0.563. The highest BCUT2D eigenvalue weighted by Gasteiger charge is 2.11. The third kappa shape index (κ3) is 6.52. The molecule has 4 N–H and O–H groups in total. The topological polar surface area (TPSA) is 127 Å². The van der Waals surface area contributed by atoms with Gasteiger partial charge in [0, 0.05) is 17.5 Å². The molecule has 21 heavy (non-hydrogen) atoms. The summed E-state index contributed by atoms with van der Waals surface area (Å²) >= 11 is 1.17. The van der Waals surface area contributed by atoms with Crippen molar-refractivity contribution in [2.24, 2.45) is 5.14 Å². The molecule has 0 saturated heterocycles. The van der Waals surface area contributed by atoms with Gasteiger partial charge in [-0.05, 0) is 31.1 Å². The summed E-state index contributed by atoms with van der Waals surface area (Å²) in [6.07, 6.45) is 2.67. The van der Waals surface area contributed by atoms with Gasteiger partial charge in [0.05, 0.1) is 10.6 Å². The molecule has 0 aliphatic rings. The first-order valence-corrected chi connectivity index (χ1v) is 8.52. The standard InChI is InChI=1S/C12H16N2O5S2/c1-8-7-10(20-9(8)3-4-11(15)16)12(17)14-5-2-6-21(13,18)19/h3-4,7H,2,5-6H2,1H3,(H,14,17)(H,15,16)(H2,13,18,19)/b4-3+. The van der Waals surface area contributed by atoms with E-state index in [1.54, 1.807) is 13.0 Å². The van der Waals surface area contributed by atoms with Gasteiger partial charge in [-0.2, -0.15) is 0 Å². The highest BCUT2D eigenvalue weighted by molar-refractivity contribution is 7.89. The molecule has 0 unspecified atom stereocenters. The van der Waals surface area contributed by atoms with E-state index in [1.807, 2.05) is 0 Å². The molecule has 0 bridgehead atoms. The van der Waals surface area contributed by atoms with E-state index in [2.05, 4.69) is 5.32 Å². The summed E-state index contributed by atoms with van der Waals surface area (Å²) in [4.78, 5) is 23.4. The second kappa shape index (κ2) is 7.34. The van der Waals surface area contributed by atoms with E-state index in [9.17, 15) is 18.0 Å². The van der Waals surface area contributed by atoms with Crippen LogP contribution in [0.5, 0.6) is 0 Å². The summed E-state index contributed by atoms with van der Waals surface area (Å²) in [5.74, 6) is -1.58. The first kappa shape index (κ1) is 17.3. The second-order valence-corrected chi connectivity index (χ2v) is 7.12. The fourth-order valence-corrected chi connectivity index (χ4v) is 3.02. The predicted molar refractivity (Wildman–Crippen MR) is 80.7 cm³/mol. The normalized spacial score (nSPS) is 11.7. The van der Waals surface area contributed by atoms with Crippen molar-refractivity contribution in [3.63, 3.8) is 0 Å². The molecule has 0 spiro atoms. The minimum absolute atomic E-state index is 0.191. The Morgan fingerprint density at radius 1 is 1.48 bits per heavy atom. The lowest BCUT2D eigenvalue weighted by molar-refractivity contribution is -0.131. The monoisotopic (exact) mass is 332 g/mol. The molecule has 1 heterocycles. The third-order valence-electron chi connectivity index (χ3n) is 2.45. The van der Waals surface area contributed by atoms with Gasteiger partial charge in [0.25, 0.3) is 5.91 Å². The molecule has 0 fully saturated rings. The van der Waals surface area contributed by atoms with Gasteiger partial charge in [-0.3, -0.25) is 4.79 Å². The Morgan fingerprint density at radius 2 is 2.14 bits per heavy atom. The lowest BCUT2D eigenvalue weighted by Gasteiger charge is -2.02. The van der Waals surface area contributed by atoms with Crippen LogP contribution in [-0.4, -0.2) is 37.7 Å². The van der Waals surface area contributed by atoms with Crippen molar-refractivity contribution in [1.82, 2.24) is 5.32 Å². The zero-order chi connectivity index (χ0) is 16.0. The molecule has 116 valence electrons. The number of primary sulfonamides is 1. The summed E-state index contributed by atoms with van der Waals surface area (Å²) in [6.45, 7) is 1.97.